The highest BCUT2D eigenvalue weighted by molar-refractivity contribution is 6.42. The molecule has 2 aromatic heterocycles. The number of pyridine rings is 1. The fraction of sp³-hybridized carbons (Fsp3) is 0.400. The number of amides is 2. The third-order valence-electron chi connectivity index (χ3n) is 6.92. The smallest absolute Gasteiger partial charge is 0.263 e. The van der Waals surface area contributed by atoms with E-state index in [1.165, 1.54) is 15.5 Å². The topological polar surface area (TPSA) is 105 Å². The van der Waals surface area contributed by atoms with Crippen LogP contribution < -0.4 is 10.9 Å². The highest BCUT2D eigenvalue weighted by Gasteiger charge is 2.36. The van der Waals surface area contributed by atoms with E-state index in [1.807, 2.05) is 18.3 Å². The molecule has 3 aromatic rings. The monoisotopic (exact) mass is 543 g/mol. The van der Waals surface area contributed by atoms with Gasteiger partial charge in [0.1, 0.15) is 11.3 Å². The van der Waals surface area contributed by atoms with Crippen molar-refractivity contribution in [2.24, 2.45) is 5.92 Å². The fourth-order valence-corrected chi connectivity index (χ4v) is 5.31. The third kappa shape index (κ3) is 5.56. The average molecular weight is 544 g/mol. The van der Waals surface area contributed by atoms with E-state index in [0.717, 1.165) is 5.56 Å². The molecule has 37 heavy (non-hydrogen) atoms. The molecule has 0 saturated carbocycles. The lowest BCUT2D eigenvalue weighted by atomic mass is 9.99. The summed E-state index contributed by atoms with van der Waals surface area (Å²) in [7, 11) is 1.62. The van der Waals surface area contributed by atoms with Crippen molar-refractivity contribution in [3.05, 3.63) is 79.9 Å². The fourth-order valence-electron chi connectivity index (χ4n) is 4.99. The first-order valence-electron chi connectivity index (χ1n) is 12.1. The summed E-state index contributed by atoms with van der Waals surface area (Å²) in [5.74, 6) is -0.490. The van der Waals surface area contributed by atoms with Gasteiger partial charge in [-0.3, -0.25) is 19.3 Å². The Morgan fingerprint density at radius 3 is 2.76 bits per heavy atom. The maximum Gasteiger partial charge on any atom is 0.263 e. The molecule has 2 aliphatic heterocycles. The van der Waals surface area contributed by atoms with Crippen LogP contribution in [0, 0.1) is 5.92 Å². The van der Waals surface area contributed by atoms with E-state index in [-0.39, 0.29) is 30.0 Å². The van der Waals surface area contributed by atoms with Crippen LogP contribution in [0.5, 0.6) is 0 Å². The molecule has 1 N–H and O–H groups in total. The van der Waals surface area contributed by atoms with Crippen molar-refractivity contribution in [2.75, 3.05) is 33.2 Å². The summed E-state index contributed by atoms with van der Waals surface area (Å²) in [6.07, 6.45) is 3.77. The number of benzene rings is 1. The highest BCUT2D eigenvalue weighted by Crippen LogP contribution is 2.32. The molecule has 0 radical (unpaired) electrons. The molecule has 0 spiro atoms. The summed E-state index contributed by atoms with van der Waals surface area (Å²) in [6, 6.07) is 8.70. The number of carbonyl (C=O) groups excluding carboxylic acids is 2. The largest absolute Gasteiger partial charge is 0.354 e. The number of aromatic nitrogens is 4. The van der Waals surface area contributed by atoms with E-state index in [9.17, 15) is 14.4 Å². The number of hydrogen-bond acceptors (Lipinski definition) is 6. The van der Waals surface area contributed by atoms with Gasteiger partial charge in [-0.15, -0.1) is 5.10 Å². The van der Waals surface area contributed by atoms with Crippen LogP contribution in [-0.4, -0.2) is 74.4 Å². The Bertz CT molecular complexity index is 1390. The zero-order valence-electron chi connectivity index (χ0n) is 20.3. The van der Waals surface area contributed by atoms with Crippen molar-refractivity contribution in [2.45, 2.75) is 25.6 Å². The lowest BCUT2D eigenvalue weighted by molar-refractivity contribution is -0.122. The van der Waals surface area contributed by atoms with E-state index in [0.29, 0.717) is 54.9 Å². The summed E-state index contributed by atoms with van der Waals surface area (Å²) < 4.78 is 3.26. The van der Waals surface area contributed by atoms with E-state index in [4.69, 9.17) is 23.2 Å². The average Bonchev–Trinajstić information content (AvgIpc) is 3.48. The number of nitrogens with zero attached hydrogens (tertiary/aromatic N) is 6. The Kier molecular flexibility index (Phi) is 7.32. The predicted octanol–water partition coefficient (Wildman–Crippen LogP) is 2.06. The standard InChI is InChI=1S/C25H27Cl2N7O3/c1-31-8-6-28-23(35)10-17-12-32(11-16-4-5-20(26)21(27)9-16)15-22(17)34-14-18(29-30-34)13-33-7-2-3-19(24(31)36)25(33)37/h2-5,7,9,14,17,22H,6,8,10-13,15H2,1H3,(H,28,35)/t17-,22+/m0/s1. The van der Waals surface area contributed by atoms with Crippen molar-refractivity contribution in [1.29, 1.82) is 0 Å². The van der Waals surface area contributed by atoms with E-state index in [2.05, 4.69) is 20.5 Å². The second-order valence-electron chi connectivity index (χ2n) is 9.60. The van der Waals surface area contributed by atoms with Crippen molar-refractivity contribution in [3.63, 3.8) is 0 Å². The molecule has 0 aliphatic carbocycles. The number of halogens is 2. The first kappa shape index (κ1) is 25.4. The van der Waals surface area contributed by atoms with Gasteiger partial charge in [0, 0.05) is 58.3 Å². The number of rotatable bonds is 2. The zero-order valence-corrected chi connectivity index (χ0v) is 21.8. The third-order valence-corrected chi connectivity index (χ3v) is 7.66. The Morgan fingerprint density at radius 2 is 1.95 bits per heavy atom. The van der Waals surface area contributed by atoms with Crippen molar-refractivity contribution in [1.82, 2.24) is 34.7 Å². The number of fused-ring (bicyclic) bond motifs is 6. The molecule has 2 amide bonds. The Labute approximate surface area is 223 Å². The minimum Gasteiger partial charge on any atom is -0.354 e. The van der Waals surface area contributed by atoms with Crippen LogP contribution in [0.25, 0.3) is 0 Å². The first-order valence-corrected chi connectivity index (χ1v) is 12.8. The minimum atomic E-state index is -0.392. The molecule has 1 saturated heterocycles. The molecular formula is C25H27Cl2N7O3. The predicted molar refractivity (Wildman–Crippen MR) is 139 cm³/mol. The van der Waals surface area contributed by atoms with Crippen LogP contribution >= 0.6 is 23.2 Å². The summed E-state index contributed by atoms with van der Waals surface area (Å²) in [4.78, 5) is 42.4. The normalized spacial score (nSPS) is 21.1. The van der Waals surface area contributed by atoms with Gasteiger partial charge in [-0.05, 0) is 29.8 Å². The maximum absolute atomic E-state index is 13.0. The summed E-state index contributed by atoms with van der Waals surface area (Å²) in [6.45, 7) is 2.79. The van der Waals surface area contributed by atoms with E-state index in [1.54, 1.807) is 30.1 Å². The van der Waals surface area contributed by atoms with E-state index >= 15 is 0 Å². The zero-order chi connectivity index (χ0) is 26.1. The van der Waals surface area contributed by atoms with Crippen LogP contribution in [0.1, 0.15) is 34.1 Å². The van der Waals surface area contributed by atoms with Crippen LogP contribution in [0.4, 0.5) is 0 Å². The molecule has 2 aliphatic rings. The molecule has 2 atom stereocenters. The van der Waals surface area contributed by atoms with Gasteiger partial charge in [0.05, 0.1) is 28.8 Å². The van der Waals surface area contributed by atoms with Gasteiger partial charge in [0.25, 0.3) is 11.5 Å². The second-order valence-corrected chi connectivity index (χ2v) is 10.4. The van der Waals surface area contributed by atoms with E-state index < -0.39 is 11.5 Å². The van der Waals surface area contributed by atoms with Gasteiger partial charge in [-0.2, -0.15) is 0 Å². The summed E-state index contributed by atoms with van der Waals surface area (Å²) in [5, 5.41) is 12.6. The van der Waals surface area contributed by atoms with Crippen LogP contribution in [0.2, 0.25) is 10.0 Å². The Hall–Kier alpha value is -3.21. The van der Waals surface area contributed by atoms with Gasteiger partial charge in [-0.25, -0.2) is 4.68 Å². The van der Waals surface area contributed by atoms with Crippen LogP contribution in [-0.2, 0) is 17.9 Å². The van der Waals surface area contributed by atoms with Gasteiger partial charge in [-0.1, -0.05) is 34.5 Å². The molecular weight excluding hydrogens is 517 g/mol. The second kappa shape index (κ2) is 10.6. The van der Waals surface area contributed by atoms with Gasteiger partial charge >= 0.3 is 0 Å². The lowest BCUT2D eigenvalue weighted by Crippen LogP contribution is -2.39. The van der Waals surface area contributed by atoms with Gasteiger partial charge in [0.15, 0.2) is 0 Å². The molecule has 194 valence electrons. The molecule has 4 bridgehead atoms. The van der Waals surface area contributed by atoms with Crippen molar-refractivity contribution in [3.8, 4) is 0 Å². The minimum absolute atomic E-state index is 0.00404. The Morgan fingerprint density at radius 1 is 1.11 bits per heavy atom. The summed E-state index contributed by atoms with van der Waals surface area (Å²) >= 11 is 12.3. The molecule has 0 unspecified atom stereocenters. The summed E-state index contributed by atoms with van der Waals surface area (Å²) in [5.41, 5.74) is 1.31. The van der Waals surface area contributed by atoms with Crippen molar-refractivity contribution < 1.29 is 9.59 Å². The highest BCUT2D eigenvalue weighted by atomic mass is 35.5. The maximum atomic E-state index is 13.0. The lowest BCUT2D eigenvalue weighted by Gasteiger charge is -2.20. The molecule has 12 heteroatoms. The molecule has 1 fully saturated rings. The van der Waals surface area contributed by atoms with Crippen LogP contribution in [0.15, 0.2) is 47.5 Å². The molecule has 4 heterocycles. The number of hydrogen-bond donors (Lipinski definition) is 1. The number of carbonyl (C=O) groups is 2. The van der Waals surface area contributed by atoms with Gasteiger partial charge < -0.3 is 14.8 Å². The number of likely N-dealkylation sites (tertiary alicyclic amines) is 1. The number of nitrogens with one attached hydrogen (secondary N) is 1. The first-order chi connectivity index (χ1) is 17.8. The quantitative estimate of drug-likeness (QED) is 0.530. The SMILES string of the molecule is CN1CCNC(=O)C[C@H]2CN(Cc3ccc(Cl)c(Cl)c3)C[C@H]2n2cc(nn2)Cn2cccc(c2=O)C1=O. The van der Waals surface area contributed by atoms with Gasteiger partial charge in [0.2, 0.25) is 5.91 Å². The number of likely N-dealkylation sites (N-methyl/N-ethyl adjacent to an activating group) is 1. The molecule has 5 rings (SSSR count). The molecule has 1 aromatic carbocycles. The van der Waals surface area contributed by atoms with Crippen molar-refractivity contribution >= 4 is 35.0 Å². The Balaban J connectivity index is 1.43. The molecule has 10 nitrogen and oxygen atoms in total. The van der Waals surface area contributed by atoms with Crippen LogP contribution in [0.3, 0.4) is 0 Å².